The molecule has 4 rings (SSSR count). The van der Waals surface area contributed by atoms with Gasteiger partial charge in [-0.25, -0.2) is 9.78 Å². The molecule has 2 aliphatic heterocycles. The van der Waals surface area contributed by atoms with Crippen molar-refractivity contribution in [3.05, 3.63) is 27.5 Å². The quantitative estimate of drug-likeness (QED) is 0.182. The van der Waals surface area contributed by atoms with Crippen LogP contribution in [0.3, 0.4) is 0 Å². The first-order valence-electron chi connectivity index (χ1n) is 9.14. The number of anilines is 1. The summed E-state index contributed by atoms with van der Waals surface area (Å²) in [5.74, 6) is -3.41. The Morgan fingerprint density at radius 2 is 2.12 bits per heavy atom. The van der Waals surface area contributed by atoms with E-state index in [9.17, 15) is 32.7 Å². The summed E-state index contributed by atoms with van der Waals surface area (Å²) in [4.78, 5) is 44.7. The summed E-state index contributed by atoms with van der Waals surface area (Å²) in [5, 5.41) is 24.1. The van der Waals surface area contributed by atoms with Gasteiger partial charge in [-0.1, -0.05) is 16.9 Å². The number of rotatable bonds is 6. The lowest BCUT2D eigenvalue weighted by Gasteiger charge is -2.49. The molecule has 4 heterocycles. The minimum atomic E-state index is -4.58. The van der Waals surface area contributed by atoms with E-state index in [4.69, 9.17) is 10.9 Å². The van der Waals surface area contributed by atoms with Crippen molar-refractivity contribution in [2.24, 2.45) is 5.16 Å². The summed E-state index contributed by atoms with van der Waals surface area (Å²) in [5.41, 5.74) is 4.48. The number of carbonyl (C=O) groups excluding carboxylic acids is 2. The standard InChI is InChI=1S/C16H12F3N7O5S3/c17-16(18,19)6-3-21-15(33-6)32-5-2-1-4-7(12(28)26(4)9(5)13(29)30)22-11(27)8(24-31)10-23-14(20)34-25-10/h3-4,7,31H,1-2H2,(H,22,27)(H,29,30)(H2,20,23,25)/b24-8-/t4-,7+/m1/s1. The van der Waals surface area contributed by atoms with E-state index in [1.165, 1.54) is 0 Å². The molecule has 2 aromatic heterocycles. The highest BCUT2D eigenvalue weighted by Gasteiger charge is 2.54. The first kappa shape index (κ1) is 23.9. The molecule has 0 radical (unpaired) electrons. The number of carboxylic acids is 1. The van der Waals surface area contributed by atoms with Crippen molar-refractivity contribution < 1.29 is 37.9 Å². The fraction of sp³-hybridized carbons (Fsp3) is 0.312. The number of oxime groups is 1. The summed E-state index contributed by atoms with van der Waals surface area (Å²) in [6, 6.07) is -1.83. The number of nitrogens with zero attached hydrogens (tertiary/aromatic N) is 5. The third-order valence-electron chi connectivity index (χ3n) is 4.82. The molecule has 0 aliphatic carbocycles. The maximum atomic E-state index is 12.8. The highest BCUT2D eigenvalue weighted by atomic mass is 32.2. The van der Waals surface area contributed by atoms with E-state index in [-0.39, 0.29) is 38.7 Å². The lowest BCUT2D eigenvalue weighted by molar-refractivity contribution is -0.155. The van der Waals surface area contributed by atoms with Gasteiger partial charge < -0.3 is 21.4 Å². The molecule has 180 valence electrons. The molecule has 0 saturated carbocycles. The number of nitrogens with one attached hydrogen (secondary N) is 1. The van der Waals surface area contributed by atoms with Gasteiger partial charge in [-0.3, -0.25) is 14.5 Å². The number of thioether (sulfide) groups is 1. The third-order valence-corrected chi connectivity index (χ3v) is 7.63. The van der Waals surface area contributed by atoms with Gasteiger partial charge >= 0.3 is 12.1 Å². The molecule has 12 nitrogen and oxygen atoms in total. The van der Waals surface area contributed by atoms with Crippen LogP contribution in [0.5, 0.6) is 0 Å². The zero-order valence-electron chi connectivity index (χ0n) is 16.4. The Balaban J connectivity index is 1.52. The molecule has 1 saturated heterocycles. The van der Waals surface area contributed by atoms with Crippen molar-refractivity contribution >= 4 is 63.3 Å². The van der Waals surface area contributed by atoms with Crippen LogP contribution in [0, 0.1) is 0 Å². The van der Waals surface area contributed by atoms with Crippen LogP contribution in [0.4, 0.5) is 18.3 Å². The van der Waals surface area contributed by atoms with E-state index < -0.39 is 46.6 Å². The Hall–Kier alpha value is -3.25. The van der Waals surface area contributed by atoms with Crippen molar-refractivity contribution in [1.82, 2.24) is 24.6 Å². The zero-order chi connectivity index (χ0) is 24.8. The van der Waals surface area contributed by atoms with E-state index in [1.54, 1.807) is 0 Å². The van der Waals surface area contributed by atoms with Crippen LogP contribution in [0.1, 0.15) is 23.5 Å². The molecule has 0 unspecified atom stereocenters. The van der Waals surface area contributed by atoms with Crippen LogP contribution in [0.15, 0.2) is 26.3 Å². The van der Waals surface area contributed by atoms with Gasteiger partial charge in [-0.2, -0.15) is 22.5 Å². The number of nitrogen functional groups attached to an aromatic ring is 1. The second-order valence-corrected chi connectivity index (χ2v) is 9.99. The van der Waals surface area contributed by atoms with Crippen molar-refractivity contribution in [3.63, 3.8) is 0 Å². The molecule has 0 aromatic carbocycles. The van der Waals surface area contributed by atoms with Crippen LogP contribution in [-0.4, -0.2) is 65.1 Å². The van der Waals surface area contributed by atoms with Crippen LogP contribution >= 0.6 is 34.6 Å². The minimum absolute atomic E-state index is 0.0174. The Kier molecular flexibility index (Phi) is 6.21. The van der Waals surface area contributed by atoms with E-state index in [2.05, 4.69) is 24.8 Å². The largest absolute Gasteiger partial charge is 0.477 e. The number of aromatic nitrogens is 3. The van der Waals surface area contributed by atoms with Gasteiger partial charge in [0.2, 0.25) is 11.5 Å². The third kappa shape index (κ3) is 4.30. The zero-order valence-corrected chi connectivity index (χ0v) is 18.9. The normalized spacial score (nSPS) is 20.7. The van der Waals surface area contributed by atoms with Crippen molar-refractivity contribution in [3.8, 4) is 0 Å². The van der Waals surface area contributed by atoms with Gasteiger partial charge in [-0.15, -0.1) is 11.3 Å². The predicted molar refractivity (Wildman–Crippen MR) is 112 cm³/mol. The monoisotopic (exact) mass is 535 g/mol. The van der Waals surface area contributed by atoms with Crippen LogP contribution < -0.4 is 11.1 Å². The lowest BCUT2D eigenvalue weighted by Crippen LogP contribution is -2.72. The SMILES string of the molecule is Nc1nc(/C(=N/O)C(=O)N[C@@H]2C(=O)N3C(C(=O)O)=C(Sc4ncc(C(F)(F)F)s4)CC[C@H]23)ns1. The van der Waals surface area contributed by atoms with Crippen molar-refractivity contribution in [2.45, 2.75) is 35.4 Å². The number of halogens is 3. The molecule has 2 amide bonds. The first-order valence-corrected chi connectivity index (χ1v) is 11.5. The van der Waals surface area contributed by atoms with Crippen LogP contribution in [0.25, 0.3) is 0 Å². The van der Waals surface area contributed by atoms with Gasteiger partial charge in [0.1, 0.15) is 16.6 Å². The number of aliphatic carboxylic acids is 1. The second kappa shape index (κ2) is 8.84. The number of hydrogen-bond acceptors (Lipinski definition) is 12. The fourth-order valence-electron chi connectivity index (χ4n) is 3.40. The number of β-lactam (4-membered cyclic amide) rings is 1. The van der Waals surface area contributed by atoms with Crippen molar-refractivity contribution in [1.29, 1.82) is 0 Å². The molecule has 34 heavy (non-hydrogen) atoms. The number of nitrogens with two attached hydrogens (primary N) is 1. The summed E-state index contributed by atoms with van der Waals surface area (Å²) in [7, 11) is 0. The predicted octanol–water partition coefficient (Wildman–Crippen LogP) is 1.35. The molecule has 18 heteroatoms. The van der Waals surface area contributed by atoms with Gasteiger partial charge in [0.25, 0.3) is 11.8 Å². The van der Waals surface area contributed by atoms with Crippen LogP contribution in [-0.2, 0) is 20.6 Å². The summed E-state index contributed by atoms with van der Waals surface area (Å²) >= 11 is 1.87. The Morgan fingerprint density at radius 1 is 1.38 bits per heavy atom. The van der Waals surface area contributed by atoms with E-state index in [1.807, 2.05) is 0 Å². The molecule has 0 bridgehead atoms. The second-order valence-electron chi connectivity index (χ2n) is 6.84. The maximum absolute atomic E-state index is 12.8. The number of hydrogen-bond donors (Lipinski definition) is 4. The molecule has 2 atom stereocenters. The number of thiazole rings is 1. The molecule has 5 N–H and O–H groups in total. The van der Waals surface area contributed by atoms with E-state index in [0.29, 0.717) is 17.5 Å². The average molecular weight is 536 g/mol. The number of amides is 2. The van der Waals surface area contributed by atoms with Crippen LogP contribution in [0.2, 0.25) is 0 Å². The molecular weight excluding hydrogens is 523 g/mol. The molecular formula is C16H12F3N7O5S3. The number of fused-ring (bicyclic) bond motifs is 1. The van der Waals surface area contributed by atoms with Gasteiger partial charge in [0, 0.05) is 16.4 Å². The van der Waals surface area contributed by atoms with Gasteiger partial charge in [0.05, 0.1) is 12.2 Å². The Labute approximate surface area is 199 Å². The summed E-state index contributed by atoms with van der Waals surface area (Å²) in [6.45, 7) is 0. The van der Waals surface area contributed by atoms with E-state index in [0.717, 1.165) is 28.2 Å². The Bertz CT molecular complexity index is 1240. The van der Waals surface area contributed by atoms with Gasteiger partial charge in [-0.05, 0) is 12.8 Å². The molecule has 1 fully saturated rings. The fourth-order valence-corrected chi connectivity index (χ4v) is 5.91. The summed E-state index contributed by atoms with van der Waals surface area (Å²) < 4.78 is 42.2. The topological polar surface area (TPSA) is 184 Å². The lowest BCUT2D eigenvalue weighted by atomic mass is 9.86. The first-order chi connectivity index (χ1) is 16.0. The maximum Gasteiger partial charge on any atom is 0.427 e. The van der Waals surface area contributed by atoms with Gasteiger partial charge in [0.15, 0.2) is 9.47 Å². The van der Waals surface area contributed by atoms with Crippen molar-refractivity contribution in [2.75, 3.05) is 5.73 Å². The minimum Gasteiger partial charge on any atom is -0.477 e. The molecule has 2 aromatic rings. The number of carboxylic acid groups (broad SMARTS) is 1. The molecule has 2 aliphatic rings. The highest BCUT2D eigenvalue weighted by molar-refractivity contribution is 8.04. The van der Waals surface area contributed by atoms with E-state index >= 15 is 0 Å². The Morgan fingerprint density at radius 3 is 2.68 bits per heavy atom. The molecule has 0 spiro atoms. The average Bonchev–Trinajstić information content (AvgIpc) is 3.41. The number of alkyl halides is 3. The number of carbonyl (C=O) groups is 3. The smallest absolute Gasteiger partial charge is 0.427 e. The summed E-state index contributed by atoms with van der Waals surface area (Å²) in [6.07, 6.45) is -3.57. The number of allylic oxidation sites excluding steroid dienone is 1. The highest BCUT2D eigenvalue weighted by Crippen LogP contribution is 2.45.